The highest BCUT2D eigenvalue weighted by Crippen LogP contribution is 2.21. The van der Waals surface area contributed by atoms with Gasteiger partial charge < -0.3 is 24.8 Å². The van der Waals surface area contributed by atoms with Crippen LogP contribution < -0.4 is 11.1 Å². The number of rotatable bonds is 8. The number of thiazole rings is 1. The van der Waals surface area contributed by atoms with E-state index in [0.29, 0.717) is 0 Å². The van der Waals surface area contributed by atoms with Crippen molar-refractivity contribution >= 4 is 40.1 Å². The largest absolute Gasteiger partial charge is 0.444 e. The summed E-state index contributed by atoms with van der Waals surface area (Å²) in [7, 11) is 1.38. The fourth-order valence-electron chi connectivity index (χ4n) is 1.63. The molecule has 0 saturated heterocycles. The van der Waals surface area contributed by atoms with E-state index in [-0.39, 0.29) is 16.5 Å². The third kappa shape index (κ3) is 7.95. The zero-order valence-electron chi connectivity index (χ0n) is 18.3. The van der Waals surface area contributed by atoms with Crippen LogP contribution in [0.5, 0.6) is 0 Å². The number of amides is 2. The van der Waals surface area contributed by atoms with Gasteiger partial charge in [0.2, 0.25) is 11.4 Å². The normalized spacial score (nSPS) is 12.9. The van der Waals surface area contributed by atoms with Crippen molar-refractivity contribution in [2.24, 2.45) is 10.9 Å². The van der Waals surface area contributed by atoms with Crippen molar-refractivity contribution in [3.63, 3.8) is 0 Å². The predicted molar refractivity (Wildman–Crippen MR) is 110 cm³/mol. The molecule has 2 amide bonds. The van der Waals surface area contributed by atoms with Crippen molar-refractivity contribution in [2.75, 3.05) is 12.4 Å². The Kier molecular flexibility index (Phi) is 7.92. The van der Waals surface area contributed by atoms with Gasteiger partial charge in [0.05, 0.1) is 0 Å². The van der Waals surface area contributed by atoms with E-state index in [9.17, 15) is 14.4 Å². The summed E-state index contributed by atoms with van der Waals surface area (Å²) in [6, 6.07) is 0. The monoisotopic (exact) mass is 444 g/mol. The number of oxime groups is 1. The number of primary amides is 1. The van der Waals surface area contributed by atoms with Crippen molar-refractivity contribution < 1.29 is 33.4 Å². The molecule has 3 N–H and O–H groups in total. The minimum Gasteiger partial charge on any atom is -0.444 e. The zero-order valence-corrected chi connectivity index (χ0v) is 19.1. The van der Waals surface area contributed by atoms with Gasteiger partial charge in [-0.15, -0.1) is 11.3 Å². The molecule has 1 heterocycles. The van der Waals surface area contributed by atoms with Crippen molar-refractivity contribution in [3.05, 3.63) is 11.1 Å². The van der Waals surface area contributed by atoms with Crippen molar-refractivity contribution in [1.82, 2.24) is 4.98 Å². The average molecular weight is 445 g/mol. The summed E-state index contributed by atoms with van der Waals surface area (Å²) in [6.45, 7) is 11.1. The maximum atomic E-state index is 12.3. The molecule has 30 heavy (non-hydrogen) atoms. The number of nitrogens with one attached hydrogen (secondary N) is 1. The first-order chi connectivity index (χ1) is 13.6. The van der Waals surface area contributed by atoms with E-state index in [0.717, 1.165) is 11.3 Å². The zero-order chi connectivity index (χ0) is 23.3. The lowest BCUT2D eigenvalue weighted by Gasteiger charge is -2.28. The highest BCUT2D eigenvalue weighted by Gasteiger charge is 2.37. The lowest BCUT2D eigenvalue weighted by molar-refractivity contribution is -0.223. The summed E-state index contributed by atoms with van der Waals surface area (Å²) in [4.78, 5) is 45.3. The molecular weight excluding hydrogens is 416 g/mol. The molecule has 0 spiro atoms. The molecule has 168 valence electrons. The fraction of sp³-hybridized carbons (Fsp3) is 0.611. The van der Waals surface area contributed by atoms with Crippen LogP contribution in [-0.4, -0.2) is 52.8 Å². The Labute approximate surface area is 178 Å². The predicted octanol–water partition coefficient (Wildman–Crippen LogP) is 2.40. The van der Waals surface area contributed by atoms with E-state index >= 15 is 0 Å². The molecule has 0 radical (unpaired) electrons. The molecule has 1 rings (SSSR count). The number of ether oxygens (including phenoxy) is 3. The molecule has 0 aliphatic heterocycles. The maximum Gasteiger partial charge on any atom is 0.413 e. The van der Waals surface area contributed by atoms with Gasteiger partial charge in [-0.1, -0.05) is 5.16 Å². The van der Waals surface area contributed by atoms with Gasteiger partial charge in [0.25, 0.3) is 5.91 Å². The number of hydrogen-bond acceptors (Lipinski definition) is 10. The van der Waals surface area contributed by atoms with Crippen LogP contribution in [0.3, 0.4) is 0 Å². The number of anilines is 1. The van der Waals surface area contributed by atoms with Gasteiger partial charge in [0.15, 0.2) is 10.8 Å². The Morgan fingerprint density at radius 3 is 2.20 bits per heavy atom. The SMILES string of the molecule is COC(C)(C)OC(=O)C(C)(C)O/N=C(\C(N)=O)c1csc(NC(=O)OC(C)(C)C)n1. The first kappa shape index (κ1) is 25.3. The summed E-state index contributed by atoms with van der Waals surface area (Å²) >= 11 is 1.02. The van der Waals surface area contributed by atoms with Gasteiger partial charge in [0, 0.05) is 26.3 Å². The Balaban J connectivity index is 2.96. The van der Waals surface area contributed by atoms with Gasteiger partial charge in [-0.3, -0.25) is 10.1 Å². The summed E-state index contributed by atoms with van der Waals surface area (Å²) in [5.74, 6) is -2.89. The molecule has 0 saturated carbocycles. The van der Waals surface area contributed by atoms with Gasteiger partial charge >= 0.3 is 12.1 Å². The molecule has 0 unspecified atom stereocenters. The number of nitrogens with two attached hydrogens (primary N) is 1. The molecule has 11 nitrogen and oxygen atoms in total. The first-order valence-electron chi connectivity index (χ1n) is 8.87. The second kappa shape index (κ2) is 9.39. The standard InChI is InChI=1S/C18H28N4O7S/c1-16(2,3)28-15(25)21-14-20-10(9-30-14)11(12(19)23)22-29-17(4,5)13(24)27-18(6,7)26-8/h9H,1-8H3,(H2,19,23)(H,20,21,25)/b22-11-. The number of aromatic nitrogens is 1. The van der Waals surface area contributed by atoms with Crippen LogP contribution in [0.1, 0.15) is 54.2 Å². The number of carbonyl (C=O) groups excluding carboxylic acids is 3. The van der Waals surface area contributed by atoms with Crippen LogP contribution in [0.25, 0.3) is 0 Å². The highest BCUT2D eigenvalue weighted by molar-refractivity contribution is 7.14. The second-order valence-corrected chi connectivity index (χ2v) is 8.92. The molecule has 0 bridgehead atoms. The number of carbonyl (C=O) groups is 3. The minimum atomic E-state index is -1.55. The molecule has 0 atom stereocenters. The van der Waals surface area contributed by atoms with E-state index in [1.165, 1.54) is 26.3 Å². The average Bonchev–Trinajstić information content (AvgIpc) is 3.00. The van der Waals surface area contributed by atoms with Crippen molar-refractivity contribution in [2.45, 2.75) is 65.5 Å². The van der Waals surface area contributed by atoms with E-state index in [4.69, 9.17) is 24.8 Å². The Bertz CT molecular complexity index is 825. The molecule has 0 aromatic carbocycles. The van der Waals surface area contributed by atoms with E-state index in [1.54, 1.807) is 34.6 Å². The van der Waals surface area contributed by atoms with Gasteiger partial charge in [-0.2, -0.15) is 0 Å². The summed E-state index contributed by atoms with van der Waals surface area (Å²) in [5.41, 5.74) is 2.84. The van der Waals surface area contributed by atoms with E-state index < -0.39 is 35.0 Å². The fourth-order valence-corrected chi connectivity index (χ4v) is 2.31. The van der Waals surface area contributed by atoms with Crippen LogP contribution >= 0.6 is 11.3 Å². The quantitative estimate of drug-likeness (QED) is 0.268. The van der Waals surface area contributed by atoms with Crippen LogP contribution in [0.2, 0.25) is 0 Å². The Hall–Kier alpha value is -2.73. The van der Waals surface area contributed by atoms with Crippen LogP contribution in [0.15, 0.2) is 10.5 Å². The molecule has 1 aromatic heterocycles. The summed E-state index contributed by atoms with van der Waals surface area (Å²) in [6.07, 6.45) is -0.707. The number of methoxy groups -OCH3 is 1. The highest BCUT2D eigenvalue weighted by atomic mass is 32.1. The Morgan fingerprint density at radius 2 is 1.70 bits per heavy atom. The molecule has 0 aliphatic rings. The van der Waals surface area contributed by atoms with Gasteiger partial charge in [0.1, 0.15) is 11.3 Å². The van der Waals surface area contributed by atoms with Crippen molar-refractivity contribution in [3.8, 4) is 0 Å². The molecule has 1 aromatic rings. The van der Waals surface area contributed by atoms with E-state index in [2.05, 4.69) is 15.5 Å². The van der Waals surface area contributed by atoms with Crippen molar-refractivity contribution in [1.29, 1.82) is 0 Å². The minimum absolute atomic E-state index is 0.0555. The third-order valence-corrected chi connectivity index (χ3v) is 4.03. The number of hydrogen-bond donors (Lipinski definition) is 2. The lowest BCUT2D eigenvalue weighted by Crippen LogP contribution is -2.42. The number of nitrogens with zero attached hydrogens (tertiary/aromatic N) is 2. The Morgan fingerprint density at radius 1 is 1.10 bits per heavy atom. The second-order valence-electron chi connectivity index (χ2n) is 8.06. The first-order valence-corrected chi connectivity index (χ1v) is 9.75. The molecule has 12 heteroatoms. The molecule has 0 aliphatic carbocycles. The number of esters is 1. The lowest BCUT2D eigenvalue weighted by atomic mass is 10.1. The summed E-state index contributed by atoms with van der Waals surface area (Å²) in [5, 5.41) is 7.74. The maximum absolute atomic E-state index is 12.3. The topological polar surface area (TPSA) is 151 Å². The summed E-state index contributed by atoms with van der Waals surface area (Å²) < 4.78 is 15.4. The molecule has 0 fully saturated rings. The van der Waals surface area contributed by atoms with E-state index in [1.807, 2.05) is 0 Å². The van der Waals surface area contributed by atoms with Crippen LogP contribution in [0, 0.1) is 0 Å². The van der Waals surface area contributed by atoms with Crippen LogP contribution in [0.4, 0.5) is 9.93 Å². The van der Waals surface area contributed by atoms with Gasteiger partial charge in [-0.25, -0.2) is 14.6 Å². The van der Waals surface area contributed by atoms with Crippen LogP contribution in [-0.2, 0) is 28.6 Å². The van der Waals surface area contributed by atoms with Gasteiger partial charge in [-0.05, 0) is 34.6 Å². The molecular formula is C18H28N4O7S. The third-order valence-electron chi connectivity index (χ3n) is 3.27. The smallest absolute Gasteiger partial charge is 0.413 e.